The van der Waals surface area contributed by atoms with Gasteiger partial charge in [0.2, 0.25) is 0 Å². The van der Waals surface area contributed by atoms with Crippen molar-refractivity contribution in [2.24, 2.45) is 5.41 Å². The van der Waals surface area contributed by atoms with E-state index in [-0.39, 0.29) is 5.75 Å². The summed E-state index contributed by atoms with van der Waals surface area (Å²) in [4.78, 5) is 12.1. The fourth-order valence-corrected chi connectivity index (χ4v) is 3.14. The maximum atomic E-state index is 12.1. The number of rotatable bonds is 4. The van der Waals surface area contributed by atoms with Crippen molar-refractivity contribution in [3.8, 4) is 0 Å². The van der Waals surface area contributed by atoms with E-state index in [1.165, 1.54) is 7.11 Å². The summed E-state index contributed by atoms with van der Waals surface area (Å²) in [5.74, 6) is -0.228. The first kappa shape index (κ1) is 15.5. The number of carbonyl (C=O) groups is 1. The van der Waals surface area contributed by atoms with Gasteiger partial charge < -0.3 is 4.74 Å². The minimum atomic E-state index is -1.34. The van der Waals surface area contributed by atoms with E-state index in [4.69, 9.17) is 23.2 Å². The van der Waals surface area contributed by atoms with Crippen LogP contribution in [-0.2, 0) is 20.3 Å². The molecule has 0 fully saturated rings. The van der Waals surface area contributed by atoms with Gasteiger partial charge in [0.1, 0.15) is 0 Å². The fraction of sp³-hybridized carbons (Fsp3) is 0.417. The number of benzene rings is 1. The monoisotopic (exact) mass is 308 g/mol. The van der Waals surface area contributed by atoms with Crippen LogP contribution < -0.4 is 0 Å². The first-order chi connectivity index (χ1) is 8.27. The lowest BCUT2D eigenvalue weighted by Gasteiger charge is -2.20. The summed E-state index contributed by atoms with van der Waals surface area (Å²) in [6.07, 6.45) is 0. The highest BCUT2D eigenvalue weighted by atomic mass is 35.5. The average Bonchev–Trinajstić information content (AvgIpc) is 2.30. The van der Waals surface area contributed by atoms with Gasteiger partial charge in [-0.2, -0.15) is 0 Å². The Hall–Kier alpha value is -0.580. The molecule has 0 aliphatic rings. The molecular formula is C12H14Cl2O3S. The van der Waals surface area contributed by atoms with Crippen LogP contribution in [-0.4, -0.2) is 23.0 Å². The van der Waals surface area contributed by atoms with Gasteiger partial charge in [0.05, 0.1) is 33.4 Å². The van der Waals surface area contributed by atoms with Crippen LogP contribution in [0.4, 0.5) is 0 Å². The minimum Gasteiger partial charge on any atom is -0.469 e. The van der Waals surface area contributed by atoms with E-state index < -0.39 is 22.2 Å². The van der Waals surface area contributed by atoms with E-state index in [2.05, 4.69) is 4.74 Å². The molecule has 0 heterocycles. The molecule has 0 aromatic heterocycles. The largest absolute Gasteiger partial charge is 0.469 e. The van der Waals surface area contributed by atoms with Gasteiger partial charge in [-0.1, -0.05) is 23.2 Å². The molecule has 0 saturated carbocycles. The molecule has 100 valence electrons. The summed E-state index contributed by atoms with van der Waals surface area (Å²) in [5, 5.41) is 0.753. The standard InChI is InChI=1S/C12H14Cl2O3S/c1-12(2,11(15)17-3)7-18(16)8-4-5-9(13)10(14)6-8/h4-6H,7H2,1-3H3. The predicted molar refractivity (Wildman–Crippen MR) is 73.5 cm³/mol. The molecule has 0 spiro atoms. The molecule has 18 heavy (non-hydrogen) atoms. The summed E-state index contributed by atoms with van der Waals surface area (Å²) in [7, 11) is -0.0258. The van der Waals surface area contributed by atoms with Gasteiger partial charge in [-0.3, -0.25) is 9.00 Å². The third-order valence-electron chi connectivity index (χ3n) is 2.38. The second-order valence-corrected chi connectivity index (χ2v) is 6.71. The molecule has 0 radical (unpaired) electrons. The van der Waals surface area contributed by atoms with Gasteiger partial charge in [-0.25, -0.2) is 0 Å². The Morgan fingerprint density at radius 2 is 1.94 bits per heavy atom. The lowest BCUT2D eigenvalue weighted by atomic mass is 9.97. The second-order valence-electron chi connectivity index (χ2n) is 4.44. The van der Waals surface area contributed by atoms with Crippen LogP contribution in [0.3, 0.4) is 0 Å². The maximum Gasteiger partial charge on any atom is 0.312 e. The molecule has 0 N–H and O–H groups in total. The van der Waals surface area contributed by atoms with Crippen molar-refractivity contribution in [2.75, 3.05) is 12.9 Å². The average molecular weight is 309 g/mol. The normalized spacial score (nSPS) is 13.2. The fourth-order valence-electron chi connectivity index (χ4n) is 1.36. The lowest BCUT2D eigenvalue weighted by Crippen LogP contribution is -2.31. The van der Waals surface area contributed by atoms with E-state index in [0.29, 0.717) is 14.9 Å². The molecule has 1 atom stereocenters. The Kier molecular flexibility index (Phi) is 5.20. The zero-order valence-corrected chi connectivity index (χ0v) is 12.7. The van der Waals surface area contributed by atoms with E-state index >= 15 is 0 Å². The molecule has 1 aromatic carbocycles. The van der Waals surface area contributed by atoms with Crippen LogP contribution in [0.25, 0.3) is 0 Å². The van der Waals surface area contributed by atoms with E-state index in [1.54, 1.807) is 32.0 Å². The Labute approximate surface area is 119 Å². The van der Waals surface area contributed by atoms with Crippen molar-refractivity contribution < 1.29 is 13.7 Å². The van der Waals surface area contributed by atoms with E-state index in [1.807, 2.05) is 0 Å². The quantitative estimate of drug-likeness (QED) is 0.802. The van der Waals surface area contributed by atoms with Gasteiger partial charge in [-0.15, -0.1) is 0 Å². The molecule has 0 saturated heterocycles. The molecule has 1 unspecified atom stereocenters. The molecule has 0 amide bonds. The number of ether oxygens (including phenoxy) is 1. The van der Waals surface area contributed by atoms with Crippen molar-refractivity contribution >= 4 is 40.0 Å². The SMILES string of the molecule is COC(=O)C(C)(C)CS(=O)c1ccc(Cl)c(Cl)c1. The highest BCUT2D eigenvalue weighted by Gasteiger charge is 2.31. The Bertz CT molecular complexity index is 486. The number of hydrogen-bond donors (Lipinski definition) is 0. The smallest absolute Gasteiger partial charge is 0.312 e. The first-order valence-corrected chi connectivity index (χ1v) is 7.27. The molecule has 1 aromatic rings. The zero-order valence-electron chi connectivity index (χ0n) is 10.3. The molecule has 6 heteroatoms. The van der Waals surface area contributed by atoms with Crippen molar-refractivity contribution in [3.05, 3.63) is 28.2 Å². The topological polar surface area (TPSA) is 43.4 Å². The van der Waals surface area contributed by atoms with Crippen LogP contribution in [0.15, 0.2) is 23.1 Å². The van der Waals surface area contributed by atoms with Crippen molar-refractivity contribution in [1.29, 1.82) is 0 Å². The van der Waals surface area contributed by atoms with Gasteiger partial charge in [0.25, 0.3) is 0 Å². The van der Waals surface area contributed by atoms with E-state index in [9.17, 15) is 9.00 Å². The van der Waals surface area contributed by atoms with Crippen LogP contribution >= 0.6 is 23.2 Å². The predicted octanol–water partition coefficient (Wildman–Crippen LogP) is 3.30. The highest BCUT2D eigenvalue weighted by Crippen LogP contribution is 2.27. The van der Waals surface area contributed by atoms with Crippen LogP contribution in [0.1, 0.15) is 13.8 Å². The van der Waals surface area contributed by atoms with Gasteiger partial charge in [0.15, 0.2) is 0 Å². The molecule has 0 aliphatic carbocycles. The number of halogens is 2. The highest BCUT2D eigenvalue weighted by molar-refractivity contribution is 7.85. The van der Waals surface area contributed by atoms with Crippen LogP contribution in [0.5, 0.6) is 0 Å². The Balaban J connectivity index is 2.89. The Morgan fingerprint density at radius 3 is 2.44 bits per heavy atom. The minimum absolute atomic E-state index is 0.164. The first-order valence-electron chi connectivity index (χ1n) is 5.20. The summed E-state index contributed by atoms with van der Waals surface area (Å²) in [6, 6.07) is 4.77. The molecular weight excluding hydrogens is 295 g/mol. The number of carbonyl (C=O) groups excluding carboxylic acids is 1. The maximum absolute atomic E-state index is 12.1. The summed E-state index contributed by atoms with van der Waals surface area (Å²) in [6.45, 7) is 3.38. The number of hydrogen-bond acceptors (Lipinski definition) is 3. The van der Waals surface area contributed by atoms with Crippen molar-refractivity contribution in [2.45, 2.75) is 18.7 Å². The lowest BCUT2D eigenvalue weighted by molar-refractivity contribution is -0.149. The molecule has 1 rings (SSSR count). The molecule has 0 bridgehead atoms. The zero-order chi connectivity index (χ0) is 13.9. The van der Waals surface area contributed by atoms with Crippen molar-refractivity contribution in [3.63, 3.8) is 0 Å². The van der Waals surface area contributed by atoms with Crippen LogP contribution in [0.2, 0.25) is 10.0 Å². The number of esters is 1. The van der Waals surface area contributed by atoms with Crippen molar-refractivity contribution in [1.82, 2.24) is 0 Å². The van der Waals surface area contributed by atoms with Gasteiger partial charge in [0, 0.05) is 10.6 Å². The third kappa shape index (κ3) is 3.70. The summed E-state index contributed by atoms with van der Waals surface area (Å²) < 4.78 is 16.8. The van der Waals surface area contributed by atoms with Gasteiger partial charge in [-0.05, 0) is 32.0 Å². The molecule has 3 nitrogen and oxygen atoms in total. The Morgan fingerprint density at radius 1 is 1.33 bits per heavy atom. The molecule has 0 aliphatic heterocycles. The van der Waals surface area contributed by atoms with Gasteiger partial charge >= 0.3 is 5.97 Å². The number of methoxy groups -OCH3 is 1. The summed E-state index contributed by atoms with van der Waals surface area (Å²) in [5.41, 5.74) is -0.814. The van der Waals surface area contributed by atoms with E-state index in [0.717, 1.165) is 0 Å². The van der Waals surface area contributed by atoms with Crippen LogP contribution in [0, 0.1) is 5.41 Å². The summed E-state index contributed by atoms with van der Waals surface area (Å²) >= 11 is 11.6. The third-order valence-corrected chi connectivity index (χ3v) is 4.89. The second kappa shape index (κ2) is 6.04.